The molecule has 1 amide bonds. The molecule has 2 aliphatic rings. The molecule has 2 fully saturated rings. The lowest BCUT2D eigenvalue weighted by Gasteiger charge is -2.43. The highest BCUT2D eigenvalue weighted by Gasteiger charge is 2.40. The fourth-order valence-electron chi connectivity index (χ4n) is 4.32. The van der Waals surface area contributed by atoms with Crippen molar-refractivity contribution in [2.45, 2.75) is 31.2 Å². The van der Waals surface area contributed by atoms with Crippen LogP contribution in [0.3, 0.4) is 0 Å². The van der Waals surface area contributed by atoms with Crippen LogP contribution in [0.25, 0.3) is 11.0 Å². The quantitative estimate of drug-likeness (QED) is 0.868. The molecule has 1 aromatic carbocycles. The molecule has 4 rings (SSSR count). The van der Waals surface area contributed by atoms with Crippen molar-refractivity contribution in [1.29, 1.82) is 0 Å². The molecule has 26 heavy (non-hydrogen) atoms. The first-order valence-corrected chi connectivity index (χ1v) is 10.5. The molecule has 6 heteroatoms. The number of nitrogens with zero attached hydrogens (tertiary/aromatic N) is 1. The van der Waals surface area contributed by atoms with Crippen molar-refractivity contribution >= 4 is 28.6 Å². The summed E-state index contributed by atoms with van der Waals surface area (Å²) in [6.07, 6.45) is 4.85. The lowest BCUT2D eigenvalue weighted by molar-refractivity contribution is 0.0798. The average Bonchev–Trinajstić information content (AvgIpc) is 3.34. The molecule has 1 aromatic heterocycles. The Morgan fingerprint density at radius 3 is 2.81 bits per heavy atom. The van der Waals surface area contributed by atoms with Gasteiger partial charge in [-0.05, 0) is 25.0 Å². The van der Waals surface area contributed by atoms with Crippen LogP contribution in [0.15, 0.2) is 28.7 Å². The maximum absolute atomic E-state index is 12.7. The van der Waals surface area contributed by atoms with Crippen molar-refractivity contribution in [3.63, 3.8) is 0 Å². The fraction of sp³-hybridized carbons (Fsp3) is 0.550. The first-order chi connectivity index (χ1) is 12.7. The molecule has 1 aliphatic heterocycles. The van der Waals surface area contributed by atoms with Crippen molar-refractivity contribution in [3.05, 3.63) is 30.0 Å². The minimum absolute atomic E-state index is 0.125. The number of hydrogen-bond acceptors (Lipinski definition) is 5. The van der Waals surface area contributed by atoms with E-state index in [0.29, 0.717) is 23.6 Å². The minimum atomic E-state index is -0.138. The zero-order valence-electron chi connectivity index (χ0n) is 15.3. The van der Waals surface area contributed by atoms with Gasteiger partial charge in [-0.25, -0.2) is 0 Å². The van der Waals surface area contributed by atoms with Crippen LogP contribution in [0, 0.1) is 0 Å². The molecule has 2 aromatic rings. The SMILES string of the molecule is COc1cccc2cc(C(=O)NCC3(N4CCSCC4)CCCC3)oc12. The Kier molecular flexibility index (Phi) is 5.14. The number of carbonyl (C=O) groups excluding carboxylic acids is 1. The lowest BCUT2D eigenvalue weighted by Crippen LogP contribution is -2.56. The molecule has 5 nitrogen and oxygen atoms in total. The Balaban J connectivity index is 1.49. The second-order valence-corrected chi connectivity index (χ2v) is 8.43. The normalized spacial score (nSPS) is 20.3. The molecule has 1 saturated carbocycles. The average molecular weight is 375 g/mol. The summed E-state index contributed by atoms with van der Waals surface area (Å²) in [6.45, 7) is 2.95. The van der Waals surface area contributed by atoms with Crippen molar-refractivity contribution in [2.24, 2.45) is 0 Å². The van der Waals surface area contributed by atoms with Crippen molar-refractivity contribution in [3.8, 4) is 5.75 Å². The number of ether oxygens (including phenoxy) is 1. The van der Waals surface area contributed by atoms with Gasteiger partial charge in [0.25, 0.3) is 5.91 Å². The highest BCUT2D eigenvalue weighted by atomic mass is 32.2. The number of hydrogen-bond donors (Lipinski definition) is 1. The number of methoxy groups -OCH3 is 1. The number of thioether (sulfide) groups is 1. The summed E-state index contributed by atoms with van der Waals surface area (Å²) in [5.74, 6) is 3.25. The zero-order valence-corrected chi connectivity index (χ0v) is 16.1. The van der Waals surface area contributed by atoms with E-state index in [4.69, 9.17) is 9.15 Å². The van der Waals surface area contributed by atoms with Gasteiger partial charge in [-0.15, -0.1) is 0 Å². The third kappa shape index (κ3) is 3.32. The summed E-state index contributed by atoms with van der Waals surface area (Å²) in [7, 11) is 1.61. The van der Waals surface area contributed by atoms with Crippen LogP contribution in [-0.2, 0) is 0 Å². The first kappa shape index (κ1) is 17.7. The predicted molar refractivity (Wildman–Crippen MR) is 105 cm³/mol. The molecule has 1 saturated heterocycles. The van der Waals surface area contributed by atoms with Crippen molar-refractivity contribution in [1.82, 2.24) is 10.2 Å². The van der Waals surface area contributed by atoms with Gasteiger partial charge >= 0.3 is 0 Å². The number of fused-ring (bicyclic) bond motifs is 1. The highest BCUT2D eigenvalue weighted by molar-refractivity contribution is 7.99. The van der Waals surface area contributed by atoms with E-state index in [1.165, 1.54) is 37.2 Å². The van der Waals surface area contributed by atoms with Gasteiger partial charge in [0.05, 0.1) is 7.11 Å². The van der Waals surface area contributed by atoms with Gasteiger partial charge in [0, 0.05) is 42.1 Å². The highest BCUT2D eigenvalue weighted by Crippen LogP contribution is 2.36. The molecule has 2 heterocycles. The van der Waals surface area contributed by atoms with Crippen LogP contribution < -0.4 is 10.1 Å². The maximum atomic E-state index is 12.7. The van der Waals surface area contributed by atoms with Crippen LogP contribution in [0.1, 0.15) is 36.2 Å². The molecule has 0 spiro atoms. The third-order valence-electron chi connectivity index (χ3n) is 5.75. The Labute approximate surface area is 158 Å². The fourth-order valence-corrected chi connectivity index (χ4v) is 5.22. The number of rotatable bonds is 5. The molecular weight excluding hydrogens is 348 g/mol. The van der Waals surface area contributed by atoms with E-state index in [1.807, 2.05) is 30.0 Å². The molecule has 1 N–H and O–H groups in total. The number of furan rings is 1. The molecule has 0 bridgehead atoms. The lowest BCUT2D eigenvalue weighted by atomic mass is 9.94. The topological polar surface area (TPSA) is 54.7 Å². The minimum Gasteiger partial charge on any atom is -0.493 e. The van der Waals surface area contributed by atoms with Crippen LogP contribution in [0.4, 0.5) is 0 Å². The van der Waals surface area contributed by atoms with Crippen molar-refractivity contribution < 1.29 is 13.9 Å². The van der Waals surface area contributed by atoms with Crippen LogP contribution in [0.5, 0.6) is 5.75 Å². The first-order valence-electron chi connectivity index (χ1n) is 9.39. The van der Waals surface area contributed by atoms with Gasteiger partial charge in [0.15, 0.2) is 17.1 Å². The van der Waals surface area contributed by atoms with E-state index < -0.39 is 0 Å². The van der Waals surface area contributed by atoms with E-state index >= 15 is 0 Å². The van der Waals surface area contributed by atoms with Crippen LogP contribution in [0.2, 0.25) is 0 Å². The predicted octanol–water partition coefficient (Wildman–Crippen LogP) is 3.53. The van der Waals surface area contributed by atoms with Gasteiger partial charge in [-0.1, -0.05) is 25.0 Å². The molecule has 0 unspecified atom stereocenters. The third-order valence-corrected chi connectivity index (χ3v) is 6.69. The second kappa shape index (κ2) is 7.53. The largest absolute Gasteiger partial charge is 0.493 e. The Hall–Kier alpha value is -1.66. The Morgan fingerprint density at radius 2 is 2.08 bits per heavy atom. The summed E-state index contributed by atoms with van der Waals surface area (Å²) < 4.78 is 11.1. The number of carbonyl (C=O) groups is 1. The standard InChI is InChI=1S/C20H26N2O3S/c1-24-16-6-4-5-15-13-17(25-18(15)16)19(23)21-14-20(7-2-3-8-20)22-9-11-26-12-10-22/h4-6,13H,2-3,7-12,14H2,1H3,(H,21,23). The van der Waals surface area contributed by atoms with E-state index in [9.17, 15) is 4.79 Å². The molecule has 0 atom stereocenters. The van der Waals surface area contributed by atoms with E-state index in [2.05, 4.69) is 10.2 Å². The van der Waals surface area contributed by atoms with E-state index in [0.717, 1.165) is 18.5 Å². The van der Waals surface area contributed by atoms with Crippen molar-refractivity contribution in [2.75, 3.05) is 38.2 Å². The van der Waals surface area contributed by atoms with E-state index in [1.54, 1.807) is 13.2 Å². The Bertz CT molecular complexity index is 776. The molecule has 1 aliphatic carbocycles. The number of amides is 1. The van der Waals surface area contributed by atoms with Gasteiger partial charge in [-0.3, -0.25) is 9.69 Å². The molecule has 0 radical (unpaired) electrons. The molecular formula is C20H26N2O3S. The number of para-hydroxylation sites is 1. The van der Waals surface area contributed by atoms with Crippen LogP contribution >= 0.6 is 11.8 Å². The summed E-state index contributed by atoms with van der Waals surface area (Å²) in [4.78, 5) is 15.3. The zero-order chi connectivity index (χ0) is 18.0. The number of benzene rings is 1. The smallest absolute Gasteiger partial charge is 0.287 e. The van der Waals surface area contributed by atoms with Crippen LogP contribution in [-0.4, -0.2) is 54.6 Å². The van der Waals surface area contributed by atoms with Gasteiger partial charge in [-0.2, -0.15) is 11.8 Å². The van der Waals surface area contributed by atoms with Gasteiger partial charge < -0.3 is 14.5 Å². The monoisotopic (exact) mass is 374 g/mol. The van der Waals surface area contributed by atoms with E-state index in [-0.39, 0.29) is 11.4 Å². The number of nitrogens with one attached hydrogen (secondary N) is 1. The second-order valence-electron chi connectivity index (χ2n) is 7.20. The summed E-state index contributed by atoms with van der Waals surface area (Å²) in [5.41, 5.74) is 0.754. The van der Waals surface area contributed by atoms with Gasteiger partial charge in [0.1, 0.15) is 0 Å². The Morgan fingerprint density at radius 1 is 1.31 bits per heavy atom. The summed E-state index contributed by atoms with van der Waals surface area (Å²) >= 11 is 2.03. The van der Waals surface area contributed by atoms with Gasteiger partial charge in [0.2, 0.25) is 0 Å². The summed E-state index contributed by atoms with van der Waals surface area (Å²) in [6, 6.07) is 7.48. The maximum Gasteiger partial charge on any atom is 0.287 e. The summed E-state index contributed by atoms with van der Waals surface area (Å²) in [5, 5.41) is 4.04. The molecule has 140 valence electrons.